The smallest absolute Gasteiger partial charge is 0.122 e. The number of rotatable bonds is 8. The average molecular weight is 249 g/mol. The number of benzene rings is 1. The van der Waals surface area contributed by atoms with Crippen molar-refractivity contribution >= 4 is 0 Å². The summed E-state index contributed by atoms with van der Waals surface area (Å²) in [5, 5.41) is 3.58. The van der Waals surface area contributed by atoms with Crippen LogP contribution < -0.4 is 10.1 Å². The Hall–Kier alpha value is -1.02. The topological polar surface area (TPSA) is 21.3 Å². The highest BCUT2D eigenvalue weighted by Crippen LogP contribution is 2.17. The fraction of sp³-hybridized carbons (Fsp3) is 0.625. The maximum atomic E-state index is 5.35. The summed E-state index contributed by atoms with van der Waals surface area (Å²) in [5.74, 6) is 1.79. The van der Waals surface area contributed by atoms with Gasteiger partial charge in [0.1, 0.15) is 5.75 Å². The van der Waals surface area contributed by atoms with Crippen molar-refractivity contribution in [3.63, 3.8) is 0 Å². The Bertz CT molecular complexity index is 336. The van der Waals surface area contributed by atoms with E-state index >= 15 is 0 Å². The zero-order chi connectivity index (χ0) is 13.4. The quantitative estimate of drug-likeness (QED) is 0.759. The van der Waals surface area contributed by atoms with Gasteiger partial charge in [0, 0.05) is 6.04 Å². The van der Waals surface area contributed by atoms with Gasteiger partial charge in [0.05, 0.1) is 7.11 Å². The highest BCUT2D eigenvalue weighted by Gasteiger charge is 2.05. The second-order valence-electron chi connectivity index (χ2n) is 5.39. The Labute approximate surface area is 112 Å². The average Bonchev–Trinajstić information content (AvgIpc) is 2.37. The normalized spacial score (nSPS) is 12.7. The third kappa shape index (κ3) is 5.54. The van der Waals surface area contributed by atoms with E-state index in [1.54, 1.807) is 7.11 Å². The fourth-order valence-corrected chi connectivity index (χ4v) is 2.05. The van der Waals surface area contributed by atoms with Crippen LogP contribution in [0.5, 0.6) is 5.75 Å². The minimum Gasteiger partial charge on any atom is -0.496 e. The van der Waals surface area contributed by atoms with E-state index in [4.69, 9.17) is 4.74 Å². The molecule has 2 nitrogen and oxygen atoms in total. The first-order chi connectivity index (χ1) is 8.63. The second-order valence-corrected chi connectivity index (χ2v) is 5.39. The molecule has 18 heavy (non-hydrogen) atoms. The Morgan fingerprint density at radius 3 is 2.50 bits per heavy atom. The number of nitrogens with one attached hydrogen (secondary N) is 1. The van der Waals surface area contributed by atoms with Gasteiger partial charge in [-0.3, -0.25) is 0 Å². The monoisotopic (exact) mass is 249 g/mol. The van der Waals surface area contributed by atoms with Gasteiger partial charge in [-0.2, -0.15) is 0 Å². The molecule has 0 saturated carbocycles. The second kappa shape index (κ2) is 8.15. The van der Waals surface area contributed by atoms with Gasteiger partial charge in [-0.05, 0) is 50.3 Å². The SMILES string of the molecule is COc1ccccc1CCNC(C)CCC(C)C. The standard InChI is InChI=1S/C16H27NO/c1-13(2)9-10-14(3)17-12-11-15-7-5-6-8-16(15)18-4/h5-8,13-14,17H,9-12H2,1-4H3. The zero-order valence-electron chi connectivity index (χ0n) is 12.2. The van der Waals surface area contributed by atoms with Crippen LogP contribution in [0, 0.1) is 5.92 Å². The largest absolute Gasteiger partial charge is 0.496 e. The lowest BCUT2D eigenvalue weighted by atomic mass is 10.0. The number of methoxy groups -OCH3 is 1. The van der Waals surface area contributed by atoms with Gasteiger partial charge in [-0.1, -0.05) is 32.0 Å². The van der Waals surface area contributed by atoms with Crippen LogP contribution in [0.15, 0.2) is 24.3 Å². The predicted octanol–water partition coefficient (Wildman–Crippen LogP) is 3.65. The van der Waals surface area contributed by atoms with E-state index in [0.717, 1.165) is 24.6 Å². The lowest BCUT2D eigenvalue weighted by molar-refractivity contribution is 0.407. The van der Waals surface area contributed by atoms with Crippen LogP contribution in [-0.2, 0) is 6.42 Å². The maximum absolute atomic E-state index is 5.35. The van der Waals surface area contributed by atoms with E-state index in [-0.39, 0.29) is 0 Å². The molecule has 2 heteroatoms. The number of hydrogen-bond donors (Lipinski definition) is 1. The Kier molecular flexibility index (Phi) is 6.81. The molecule has 1 aromatic rings. The van der Waals surface area contributed by atoms with Crippen LogP contribution in [0.25, 0.3) is 0 Å². The number of hydrogen-bond acceptors (Lipinski definition) is 2. The molecule has 102 valence electrons. The van der Waals surface area contributed by atoms with Crippen molar-refractivity contribution in [2.24, 2.45) is 5.92 Å². The molecule has 1 atom stereocenters. The molecule has 0 spiro atoms. The van der Waals surface area contributed by atoms with Crippen LogP contribution >= 0.6 is 0 Å². The first kappa shape index (κ1) is 15.0. The molecule has 1 unspecified atom stereocenters. The molecule has 0 fully saturated rings. The van der Waals surface area contributed by atoms with Crippen LogP contribution in [0.1, 0.15) is 39.2 Å². The Morgan fingerprint density at radius 1 is 1.11 bits per heavy atom. The first-order valence-corrected chi connectivity index (χ1v) is 6.98. The molecule has 0 aliphatic rings. The Morgan fingerprint density at radius 2 is 1.83 bits per heavy atom. The van der Waals surface area contributed by atoms with Crippen molar-refractivity contribution in [3.8, 4) is 5.75 Å². The third-order valence-electron chi connectivity index (χ3n) is 3.26. The number of ether oxygens (including phenoxy) is 1. The van der Waals surface area contributed by atoms with E-state index in [0.29, 0.717) is 6.04 Å². The van der Waals surface area contributed by atoms with Crippen molar-refractivity contribution in [1.82, 2.24) is 5.32 Å². The molecular weight excluding hydrogens is 222 g/mol. The van der Waals surface area contributed by atoms with Crippen molar-refractivity contribution in [2.45, 2.75) is 46.1 Å². The minimum absolute atomic E-state index is 0.599. The lowest BCUT2D eigenvalue weighted by Crippen LogP contribution is -2.28. The van der Waals surface area contributed by atoms with Crippen molar-refractivity contribution in [3.05, 3.63) is 29.8 Å². The molecule has 0 aliphatic carbocycles. The molecule has 0 amide bonds. The van der Waals surface area contributed by atoms with Gasteiger partial charge in [0.25, 0.3) is 0 Å². The molecular formula is C16H27NO. The van der Waals surface area contributed by atoms with E-state index in [9.17, 15) is 0 Å². The van der Waals surface area contributed by atoms with E-state index in [1.807, 2.05) is 12.1 Å². The molecule has 0 aromatic heterocycles. The van der Waals surface area contributed by atoms with Crippen LogP contribution in [0.3, 0.4) is 0 Å². The Balaban J connectivity index is 2.28. The van der Waals surface area contributed by atoms with Gasteiger partial charge in [0.2, 0.25) is 0 Å². The molecule has 0 aliphatic heterocycles. The summed E-state index contributed by atoms with van der Waals surface area (Å²) in [7, 11) is 1.73. The summed E-state index contributed by atoms with van der Waals surface area (Å²) in [4.78, 5) is 0. The van der Waals surface area contributed by atoms with Gasteiger partial charge in [-0.15, -0.1) is 0 Å². The molecule has 0 bridgehead atoms. The number of para-hydroxylation sites is 1. The van der Waals surface area contributed by atoms with Crippen LogP contribution in [0.4, 0.5) is 0 Å². The molecule has 1 N–H and O–H groups in total. The van der Waals surface area contributed by atoms with E-state index in [1.165, 1.54) is 18.4 Å². The van der Waals surface area contributed by atoms with Gasteiger partial charge in [0.15, 0.2) is 0 Å². The van der Waals surface area contributed by atoms with Crippen LogP contribution in [-0.4, -0.2) is 19.7 Å². The summed E-state index contributed by atoms with van der Waals surface area (Å²) >= 11 is 0. The summed E-state index contributed by atoms with van der Waals surface area (Å²) in [6.45, 7) is 7.84. The predicted molar refractivity (Wildman–Crippen MR) is 78.2 cm³/mol. The summed E-state index contributed by atoms with van der Waals surface area (Å²) < 4.78 is 5.35. The van der Waals surface area contributed by atoms with E-state index in [2.05, 4.69) is 38.2 Å². The van der Waals surface area contributed by atoms with Crippen molar-refractivity contribution < 1.29 is 4.74 Å². The lowest BCUT2D eigenvalue weighted by Gasteiger charge is -2.15. The molecule has 1 rings (SSSR count). The van der Waals surface area contributed by atoms with Gasteiger partial charge >= 0.3 is 0 Å². The molecule has 0 radical (unpaired) electrons. The zero-order valence-corrected chi connectivity index (χ0v) is 12.2. The minimum atomic E-state index is 0.599. The van der Waals surface area contributed by atoms with Crippen molar-refractivity contribution in [2.75, 3.05) is 13.7 Å². The molecule has 1 aromatic carbocycles. The fourth-order valence-electron chi connectivity index (χ4n) is 2.05. The van der Waals surface area contributed by atoms with E-state index < -0.39 is 0 Å². The first-order valence-electron chi connectivity index (χ1n) is 6.98. The summed E-state index contributed by atoms with van der Waals surface area (Å²) in [6, 6.07) is 8.85. The highest BCUT2D eigenvalue weighted by molar-refractivity contribution is 5.33. The van der Waals surface area contributed by atoms with Crippen molar-refractivity contribution in [1.29, 1.82) is 0 Å². The molecule has 0 saturated heterocycles. The maximum Gasteiger partial charge on any atom is 0.122 e. The summed E-state index contributed by atoms with van der Waals surface area (Å²) in [6.07, 6.45) is 3.57. The highest BCUT2D eigenvalue weighted by atomic mass is 16.5. The third-order valence-corrected chi connectivity index (χ3v) is 3.26. The molecule has 0 heterocycles. The van der Waals surface area contributed by atoms with Gasteiger partial charge < -0.3 is 10.1 Å². The summed E-state index contributed by atoms with van der Waals surface area (Å²) in [5.41, 5.74) is 1.28. The van der Waals surface area contributed by atoms with Gasteiger partial charge in [-0.25, -0.2) is 0 Å². The van der Waals surface area contributed by atoms with Crippen LogP contribution in [0.2, 0.25) is 0 Å².